The van der Waals surface area contributed by atoms with Crippen LogP contribution in [0, 0.1) is 17.2 Å². The summed E-state index contributed by atoms with van der Waals surface area (Å²) >= 11 is 0. The molecule has 3 heteroatoms. The van der Waals surface area contributed by atoms with Crippen molar-refractivity contribution in [1.82, 2.24) is 5.32 Å². The van der Waals surface area contributed by atoms with E-state index in [1.165, 1.54) is 12.5 Å². The van der Waals surface area contributed by atoms with Crippen LogP contribution in [0.3, 0.4) is 0 Å². The maximum atomic E-state index is 13.9. The zero-order chi connectivity index (χ0) is 16.6. The first kappa shape index (κ1) is 16.0. The monoisotopic (exact) mass is 313 g/mol. The Kier molecular flexibility index (Phi) is 4.13. The van der Waals surface area contributed by atoms with E-state index in [0.717, 1.165) is 12.8 Å². The standard InChI is InChI=1S/C20H24FNO/c1-13-10-14(12-20(2,3)11-13)22-19(23)17-8-9-18(21)16-7-5-4-6-15(16)17/h4-9,13-14H,10-12H2,1-3H3,(H,22,23)/t13-,14-/m0/s1. The lowest BCUT2D eigenvalue weighted by atomic mass is 9.70. The van der Waals surface area contributed by atoms with Crippen LogP contribution in [0.2, 0.25) is 0 Å². The van der Waals surface area contributed by atoms with Crippen molar-refractivity contribution >= 4 is 16.7 Å². The third-order valence-corrected chi connectivity index (χ3v) is 4.84. The first-order valence-corrected chi connectivity index (χ1v) is 8.34. The van der Waals surface area contributed by atoms with Gasteiger partial charge in [0.25, 0.3) is 5.91 Å². The highest BCUT2D eigenvalue weighted by atomic mass is 19.1. The lowest BCUT2D eigenvalue weighted by Crippen LogP contribution is -2.43. The van der Waals surface area contributed by atoms with E-state index in [-0.39, 0.29) is 23.2 Å². The Hall–Kier alpha value is -1.90. The summed E-state index contributed by atoms with van der Waals surface area (Å²) in [5.74, 6) is 0.217. The molecule has 1 saturated carbocycles. The number of benzene rings is 2. The molecule has 1 fully saturated rings. The third-order valence-electron chi connectivity index (χ3n) is 4.84. The minimum absolute atomic E-state index is 0.101. The van der Waals surface area contributed by atoms with Crippen molar-refractivity contribution in [2.45, 2.75) is 46.1 Å². The highest BCUT2D eigenvalue weighted by Crippen LogP contribution is 2.38. The normalized spacial score (nSPS) is 23.7. The number of carbonyl (C=O) groups is 1. The van der Waals surface area contributed by atoms with Crippen LogP contribution in [-0.4, -0.2) is 11.9 Å². The predicted molar refractivity (Wildman–Crippen MR) is 92.0 cm³/mol. The van der Waals surface area contributed by atoms with Gasteiger partial charge in [-0.3, -0.25) is 4.79 Å². The summed E-state index contributed by atoms with van der Waals surface area (Å²) in [6.45, 7) is 6.76. The molecule has 2 nitrogen and oxygen atoms in total. The number of hydrogen-bond donors (Lipinski definition) is 1. The van der Waals surface area contributed by atoms with E-state index >= 15 is 0 Å². The van der Waals surface area contributed by atoms with Gasteiger partial charge in [-0.2, -0.15) is 0 Å². The molecule has 1 N–H and O–H groups in total. The number of hydrogen-bond acceptors (Lipinski definition) is 1. The summed E-state index contributed by atoms with van der Waals surface area (Å²) in [5, 5.41) is 4.34. The Bertz CT molecular complexity index is 737. The van der Waals surface area contributed by atoms with Gasteiger partial charge in [-0.05, 0) is 48.1 Å². The van der Waals surface area contributed by atoms with Crippen LogP contribution in [0.4, 0.5) is 4.39 Å². The molecule has 0 unspecified atom stereocenters. The second-order valence-electron chi connectivity index (χ2n) is 7.72. The predicted octanol–water partition coefficient (Wildman–Crippen LogP) is 4.92. The maximum absolute atomic E-state index is 13.9. The molecule has 0 bridgehead atoms. The lowest BCUT2D eigenvalue weighted by Gasteiger charge is -2.39. The van der Waals surface area contributed by atoms with Gasteiger partial charge in [-0.15, -0.1) is 0 Å². The number of nitrogens with one attached hydrogen (secondary N) is 1. The molecule has 23 heavy (non-hydrogen) atoms. The average molecular weight is 313 g/mol. The van der Waals surface area contributed by atoms with Gasteiger partial charge in [0.05, 0.1) is 0 Å². The van der Waals surface area contributed by atoms with Crippen molar-refractivity contribution < 1.29 is 9.18 Å². The lowest BCUT2D eigenvalue weighted by molar-refractivity contribution is 0.0876. The Morgan fingerprint density at radius 1 is 1.13 bits per heavy atom. The molecular weight excluding hydrogens is 289 g/mol. The smallest absolute Gasteiger partial charge is 0.252 e. The van der Waals surface area contributed by atoms with Crippen LogP contribution < -0.4 is 5.32 Å². The molecule has 0 heterocycles. The maximum Gasteiger partial charge on any atom is 0.252 e. The van der Waals surface area contributed by atoms with Crippen molar-refractivity contribution in [1.29, 1.82) is 0 Å². The van der Waals surface area contributed by atoms with Crippen molar-refractivity contribution in [3.05, 3.63) is 47.8 Å². The average Bonchev–Trinajstić information content (AvgIpc) is 2.45. The van der Waals surface area contributed by atoms with Gasteiger partial charge < -0.3 is 5.32 Å². The van der Waals surface area contributed by atoms with E-state index in [1.807, 2.05) is 6.07 Å². The van der Waals surface area contributed by atoms with E-state index < -0.39 is 0 Å². The third kappa shape index (κ3) is 3.39. The highest BCUT2D eigenvalue weighted by Gasteiger charge is 2.33. The van der Waals surface area contributed by atoms with Gasteiger partial charge in [0.15, 0.2) is 0 Å². The zero-order valence-electron chi connectivity index (χ0n) is 14.0. The molecule has 0 radical (unpaired) electrons. The van der Waals surface area contributed by atoms with E-state index in [9.17, 15) is 9.18 Å². The summed E-state index contributed by atoms with van der Waals surface area (Å²) in [6.07, 6.45) is 3.19. The second-order valence-corrected chi connectivity index (χ2v) is 7.72. The topological polar surface area (TPSA) is 29.1 Å². The van der Waals surface area contributed by atoms with Gasteiger partial charge in [0.2, 0.25) is 0 Å². The molecule has 0 aliphatic heterocycles. The minimum atomic E-state index is -0.287. The van der Waals surface area contributed by atoms with E-state index in [2.05, 4.69) is 26.1 Å². The van der Waals surface area contributed by atoms with Crippen LogP contribution in [0.25, 0.3) is 10.8 Å². The molecule has 3 rings (SSSR count). The first-order valence-electron chi connectivity index (χ1n) is 8.34. The van der Waals surface area contributed by atoms with Crippen molar-refractivity contribution in [3.8, 4) is 0 Å². The molecule has 2 atom stereocenters. The molecule has 1 aliphatic carbocycles. The minimum Gasteiger partial charge on any atom is -0.349 e. The van der Waals surface area contributed by atoms with Gasteiger partial charge in [0, 0.05) is 17.0 Å². The zero-order valence-corrected chi connectivity index (χ0v) is 14.0. The summed E-state index contributed by atoms with van der Waals surface area (Å²) in [7, 11) is 0. The molecule has 122 valence electrons. The largest absolute Gasteiger partial charge is 0.349 e. The second kappa shape index (κ2) is 5.95. The fourth-order valence-electron chi connectivity index (χ4n) is 4.18. The van der Waals surface area contributed by atoms with Gasteiger partial charge in [-0.25, -0.2) is 4.39 Å². The van der Waals surface area contributed by atoms with Crippen LogP contribution in [-0.2, 0) is 0 Å². The molecular formula is C20H24FNO. The first-order chi connectivity index (χ1) is 10.9. The van der Waals surface area contributed by atoms with E-state index in [1.54, 1.807) is 24.3 Å². The number of amides is 1. The van der Waals surface area contributed by atoms with Gasteiger partial charge in [0.1, 0.15) is 5.82 Å². The Morgan fingerprint density at radius 2 is 1.83 bits per heavy atom. The highest BCUT2D eigenvalue weighted by molar-refractivity contribution is 6.07. The quantitative estimate of drug-likeness (QED) is 0.837. The summed E-state index contributed by atoms with van der Waals surface area (Å²) in [6, 6.07) is 10.3. The summed E-state index contributed by atoms with van der Waals surface area (Å²) in [5.41, 5.74) is 0.804. The number of carbonyl (C=O) groups excluding carboxylic acids is 1. The summed E-state index contributed by atoms with van der Waals surface area (Å²) in [4.78, 5) is 12.7. The number of rotatable bonds is 2. The Balaban J connectivity index is 1.86. The van der Waals surface area contributed by atoms with Crippen molar-refractivity contribution in [3.63, 3.8) is 0 Å². The summed E-state index contributed by atoms with van der Waals surface area (Å²) < 4.78 is 13.9. The SMILES string of the molecule is C[C@H]1C[C@H](NC(=O)c2ccc(F)c3ccccc23)CC(C)(C)C1. The number of halogens is 1. The van der Waals surface area contributed by atoms with Crippen molar-refractivity contribution in [2.24, 2.45) is 11.3 Å². The molecule has 0 saturated heterocycles. The van der Waals surface area contributed by atoms with E-state index in [4.69, 9.17) is 0 Å². The Labute approximate surface area is 137 Å². The van der Waals surface area contributed by atoms with E-state index in [0.29, 0.717) is 22.3 Å². The fourth-order valence-corrected chi connectivity index (χ4v) is 4.18. The molecule has 0 aromatic heterocycles. The van der Waals surface area contributed by atoms with Crippen LogP contribution in [0.1, 0.15) is 50.4 Å². The molecule has 2 aromatic carbocycles. The Morgan fingerprint density at radius 3 is 2.52 bits per heavy atom. The van der Waals surface area contributed by atoms with Gasteiger partial charge in [-0.1, -0.05) is 45.0 Å². The molecule has 2 aromatic rings. The van der Waals surface area contributed by atoms with Crippen LogP contribution >= 0.6 is 0 Å². The molecule has 1 amide bonds. The van der Waals surface area contributed by atoms with Crippen LogP contribution in [0.5, 0.6) is 0 Å². The van der Waals surface area contributed by atoms with Crippen LogP contribution in [0.15, 0.2) is 36.4 Å². The fraction of sp³-hybridized carbons (Fsp3) is 0.450. The molecule has 1 aliphatic rings. The van der Waals surface area contributed by atoms with Gasteiger partial charge >= 0.3 is 0 Å². The van der Waals surface area contributed by atoms with Crippen molar-refractivity contribution in [2.75, 3.05) is 0 Å². The number of fused-ring (bicyclic) bond motifs is 1. The molecule has 0 spiro atoms.